The SMILES string of the molecule is CCCC(C)NCCOc1c(F)c(F)cc(F)c1F. The van der Waals surface area contributed by atoms with E-state index in [1.807, 2.05) is 13.8 Å². The highest BCUT2D eigenvalue weighted by Crippen LogP contribution is 2.26. The van der Waals surface area contributed by atoms with E-state index in [4.69, 9.17) is 4.74 Å². The van der Waals surface area contributed by atoms with Crippen molar-refractivity contribution in [2.24, 2.45) is 0 Å². The molecule has 1 rings (SSSR count). The second-order valence-corrected chi connectivity index (χ2v) is 4.29. The lowest BCUT2D eigenvalue weighted by atomic mass is 10.2. The van der Waals surface area contributed by atoms with Gasteiger partial charge in [0, 0.05) is 18.7 Å². The molecule has 0 radical (unpaired) electrons. The Morgan fingerprint density at radius 2 is 1.74 bits per heavy atom. The average Bonchev–Trinajstić information content (AvgIpc) is 2.36. The maximum Gasteiger partial charge on any atom is 0.203 e. The normalized spacial score (nSPS) is 12.5. The smallest absolute Gasteiger partial charge is 0.203 e. The summed E-state index contributed by atoms with van der Waals surface area (Å²) in [6.07, 6.45) is 1.96. The molecule has 0 saturated heterocycles. The van der Waals surface area contributed by atoms with Gasteiger partial charge in [-0.05, 0) is 13.3 Å². The van der Waals surface area contributed by atoms with Crippen molar-refractivity contribution in [2.45, 2.75) is 32.7 Å². The van der Waals surface area contributed by atoms with Gasteiger partial charge in [-0.3, -0.25) is 0 Å². The molecule has 0 spiro atoms. The molecule has 0 heterocycles. The Hall–Kier alpha value is -1.30. The zero-order chi connectivity index (χ0) is 14.4. The summed E-state index contributed by atoms with van der Waals surface area (Å²) in [6.45, 7) is 4.25. The van der Waals surface area contributed by atoms with E-state index < -0.39 is 29.0 Å². The second-order valence-electron chi connectivity index (χ2n) is 4.29. The van der Waals surface area contributed by atoms with Crippen LogP contribution in [0.2, 0.25) is 0 Å². The van der Waals surface area contributed by atoms with Gasteiger partial charge in [-0.15, -0.1) is 0 Å². The number of halogens is 4. The van der Waals surface area contributed by atoms with Crippen molar-refractivity contribution in [3.8, 4) is 5.75 Å². The maximum absolute atomic E-state index is 13.2. The first kappa shape index (κ1) is 15.8. The zero-order valence-electron chi connectivity index (χ0n) is 10.9. The quantitative estimate of drug-likeness (QED) is 0.469. The lowest BCUT2D eigenvalue weighted by Gasteiger charge is -2.14. The van der Waals surface area contributed by atoms with E-state index in [0.29, 0.717) is 6.54 Å². The van der Waals surface area contributed by atoms with Gasteiger partial charge in [0.1, 0.15) is 6.61 Å². The zero-order valence-corrected chi connectivity index (χ0v) is 10.9. The van der Waals surface area contributed by atoms with E-state index in [2.05, 4.69) is 5.32 Å². The Kier molecular flexibility index (Phi) is 6.08. The standard InChI is InChI=1S/C13H17F4NO/c1-3-4-8(2)18-5-6-19-13-11(16)9(14)7-10(15)12(13)17/h7-8,18H,3-6H2,1-2H3. The van der Waals surface area contributed by atoms with E-state index in [1.165, 1.54) is 0 Å². The molecule has 0 saturated carbocycles. The highest BCUT2D eigenvalue weighted by atomic mass is 19.2. The van der Waals surface area contributed by atoms with E-state index in [1.54, 1.807) is 0 Å². The molecule has 0 aromatic heterocycles. The second kappa shape index (κ2) is 7.33. The number of rotatable bonds is 7. The third-order valence-corrected chi connectivity index (χ3v) is 2.63. The molecule has 2 nitrogen and oxygen atoms in total. The van der Waals surface area contributed by atoms with Gasteiger partial charge >= 0.3 is 0 Å². The van der Waals surface area contributed by atoms with E-state index in [9.17, 15) is 17.6 Å². The van der Waals surface area contributed by atoms with Gasteiger partial charge in [0.2, 0.25) is 11.6 Å². The molecule has 1 aromatic rings. The van der Waals surface area contributed by atoms with Gasteiger partial charge < -0.3 is 10.1 Å². The maximum atomic E-state index is 13.2. The summed E-state index contributed by atoms with van der Waals surface area (Å²) in [5.41, 5.74) is 0. The van der Waals surface area contributed by atoms with Crippen LogP contribution in [0.4, 0.5) is 17.6 Å². The predicted octanol–water partition coefficient (Wildman–Crippen LogP) is 3.40. The summed E-state index contributed by atoms with van der Waals surface area (Å²) < 4.78 is 57.0. The van der Waals surface area contributed by atoms with Crippen LogP contribution in [-0.4, -0.2) is 19.2 Å². The van der Waals surface area contributed by atoms with Gasteiger partial charge in [0.15, 0.2) is 17.4 Å². The molecule has 0 aliphatic heterocycles. The summed E-state index contributed by atoms with van der Waals surface area (Å²) in [5, 5.41) is 3.06. The van der Waals surface area contributed by atoms with Crippen molar-refractivity contribution in [1.29, 1.82) is 0 Å². The fourth-order valence-corrected chi connectivity index (χ4v) is 1.67. The van der Waals surface area contributed by atoms with Gasteiger partial charge in [-0.2, -0.15) is 8.78 Å². The molecular formula is C13H17F4NO. The summed E-state index contributed by atoms with van der Waals surface area (Å²) in [5.74, 6) is -6.98. The molecule has 0 fully saturated rings. The Morgan fingerprint density at radius 1 is 1.16 bits per heavy atom. The van der Waals surface area contributed by atoms with Crippen LogP contribution in [0.3, 0.4) is 0 Å². The molecule has 108 valence electrons. The topological polar surface area (TPSA) is 21.3 Å². The summed E-state index contributed by atoms with van der Waals surface area (Å²) in [4.78, 5) is 0. The minimum Gasteiger partial charge on any atom is -0.486 e. The van der Waals surface area contributed by atoms with Crippen LogP contribution in [0.1, 0.15) is 26.7 Å². The van der Waals surface area contributed by atoms with Crippen LogP contribution in [0, 0.1) is 23.3 Å². The van der Waals surface area contributed by atoms with E-state index in [0.717, 1.165) is 12.8 Å². The summed E-state index contributed by atoms with van der Waals surface area (Å²) in [7, 11) is 0. The number of benzene rings is 1. The Bertz CT molecular complexity index is 399. The van der Waals surface area contributed by atoms with E-state index >= 15 is 0 Å². The first-order valence-electron chi connectivity index (χ1n) is 6.16. The first-order valence-corrected chi connectivity index (χ1v) is 6.16. The third-order valence-electron chi connectivity index (χ3n) is 2.63. The minimum atomic E-state index is -1.51. The van der Waals surface area contributed by atoms with Crippen molar-refractivity contribution in [1.82, 2.24) is 5.32 Å². The van der Waals surface area contributed by atoms with Crippen LogP contribution in [0.5, 0.6) is 5.75 Å². The molecule has 1 aromatic carbocycles. The molecule has 19 heavy (non-hydrogen) atoms. The van der Waals surface area contributed by atoms with Gasteiger partial charge in [0.25, 0.3) is 0 Å². The molecule has 0 bridgehead atoms. The van der Waals surface area contributed by atoms with Crippen molar-refractivity contribution in [3.05, 3.63) is 29.3 Å². The van der Waals surface area contributed by atoms with Gasteiger partial charge in [-0.25, -0.2) is 8.78 Å². The Labute approximate surface area is 109 Å². The minimum absolute atomic E-state index is 0.0786. The lowest BCUT2D eigenvalue weighted by Crippen LogP contribution is -2.30. The Balaban J connectivity index is 2.54. The molecule has 0 amide bonds. The van der Waals surface area contributed by atoms with Crippen LogP contribution in [-0.2, 0) is 0 Å². The summed E-state index contributed by atoms with van der Waals surface area (Å²) >= 11 is 0. The van der Waals surface area contributed by atoms with Gasteiger partial charge in [0.05, 0.1) is 0 Å². The highest BCUT2D eigenvalue weighted by molar-refractivity contribution is 5.28. The lowest BCUT2D eigenvalue weighted by molar-refractivity contribution is 0.265. The molecule has 0 aliphatic carbocycles. The molecular weight excluding hydrogens is 262 g/mol. The molecule has 1 N–H and O–H groups in total. The fourth-order valence-electron chi connectivity index (χ4n) is 1.67. The van der Waals surface area contributed by atoms with E-state index in [-0.39, 0.29) is 18.7 Å². The number of hydrogen-bond acceptors (Lipinski definition) is 2. The van der Waals surface area contributed by atoms with Crippen molar-refractivity contribution in [2.75, 3.05) is 13.2 Å². The van der Waals surface area contributed by atoms with Crippen LogP contribution in [0.15, 0.2) is 6.07 Å². The van der Waals surface area contributed by atoms with Crippen LogP contribution in [0.25, 0.3) is 0 Å². The number of ether oxygens (including phenoxy) is 1. The van der Waals surface area contributed by atoms with Crippen LogP contribution >= 0.6 is 0 Å². The molecule has 0 aliphatic rings. The number of nitrogens with one attached hydrogen (secondary N) is 1. The average molecular weight is 279 g/mol. The van der Waals surface area contributed by atoms with Crippen molar-refractivity contribution >= 4 is 0 Å². The first-order chi connectivity index (χ1) is 8.97. The number of hydrogen-bond donors (Lipinski definition) is 1. The molecule has 6 heteroatoms. The van der Waals surface area contributed by atoms with Gasteiger partial charge in [-0.1, -0.05) is 13.3 Å². The highest BCUT2D eigenvalue weighted by Gasteiger charge is 2.20. The Morgan fingerprint density at radius 3 is 2.26 bits per heavy atom. The third kappa shape index (κ3) is 4.38. The monoisotopic (exact) mass is 279 g/mol. The molecule has 1 atom stereocenters. The summed E-state index contributed by atoms with van der Waals surface area (Å²) in [6, 6.07) is 0.395. The largest absolute Gasteiger partial charge is 0.486 e. The molecule has 1 unspecified atom stereocenters. The van der Waals surface area contributed by atoms with Crippen molar-refractivity contribution in [3.63, 3.8) is 0 Å². The predicted molar refractivity (Wildman–Crippen MR) is 64.1 cm³/mol. The fraction of sp³-hybridized carbons (Fsp3) is 0.538. The van der Waals surface area contributed by atoms with Crippen LogP contribution < -0.4 is 10.1 Å². The van der Waals surface area contributed by atoms with Crippen molar-refractivity contribution < 1.29 is 22.3 Å².